The molecule has 0 aliphatic carbocycles. The van der Waals surface area contributed by atoms with Crippen LogP contribution >= 0.6 is 31.9 Å². The summed E-state index contributed by atoms with van der Waals surface area (Å²) in [6, 6.07) is 33.7. The van der Waals surface area contributed by atoms with E-state index >= 15 is 0 Å². The van der Waals surface area contributed by atoms with Gasteiger partial charge >= 0.3 is 11.9 Å². The van der Waals surface area contributed by atoms with Crippen molar-refractivity contribution < 1.29 is 23.8 Å². The highest BCUT2D eigenvalue weighted by atomic mass is 79.9. The van der Waals surface area contributed by atoms with Crippen LogP contribution < -0.4 is 9.80 Å². The highest BCUT2D eigenvalue weighted by Crippen LogP contribution is 2.26. The number of hydrogen-bond acceptors (Lipinski definition) is 9. The smallest absolute Gasteiger partial charge is 0.338 e. The summed E-state index contributed by atoms with van der Waals surface area (Å²) < 4.78 is 18.8. The lowest BCUT2D eigenvalue weighted by atomic mass is 10.1. The van der Waals surface area contributed by atoms with Gasteiger partial charge in [0.25, 0.3) is 0 Å². The van der Waals surface area contributed by atoms with Gasteiger partial charge in [-0.2, -0.15) is 10.5 Å². The molecule has 0 saturated heterocycles. The molecule has 0 spiro atoms. The summed E-state index contributed by atoms with van der Waals surface area (Å²) in [6.07, 6.45) is 10.7. The van der Waals surface area contributed by atoms with Crippen molar-refractivity contribution >= 4 is 67.3 Å². The van der Waals surface area contributed by atoms with E-state index in [9.17, 15) is 20.1 Å². The van der Waals surface area contributed by atoms with Gasteiger partial charge in [-0.15, -0.1) is 0 Å². The van der Waals surface area contributed by atoms with E-state index in [2.05, 4.69) is 31.9 Å². The van der Waals surface area contributed by atoms with Crippen LogP contribution in [0, 0.1) is 22.7 Å². The van der Waals surface area contributed by atoms with Gasteiger partial charge in [-0.1, -0.05) is 68.3 Å². The number of nitrogens with zero attached hydrogens (tertiary/aromatic N) is 4. The SMILES string of the molecule is CN(CCOC(=O)c1ccc(Br)cc1)c1ccc(/C=C/C2=CC(=C(C#N)C#N)C=C(/C=C/c3ccc(N(C)CCOC(=O)c4ccc(Br)cc4)cc3)O2)cc1. The molecular weight excluding hydrogens is 824 g/mol. The molecule has 4 aromatic rings. The summed E-state index contributed by atoms with van der Waals surface area (Å²) in [6.45, 7) is 1.52. The molecule has 9 nitrogen and oxygen atoms in total. The van der Waals surface area contributed by atoms with Gasteiger partial charge in [0.05, 0.1) is 24.2 Å². The van der Waals surface area contributed by atoms with Crippen LogP contribution in [0.5, 0.6) is 0 Å². The Morgan fingerprint density at radius 1 is 0.618 bits per heavy atom. The lowest BCUT2D eigenvalue weighted by molar-refractivity contribution is 0.0506. The van der Waals surface area contributed by atoms with Gasteiger partial charge in [0.1, 0.15) is 42.4 Å². The number of carbonyl (C=O) groups excluding carboxylic acids is 2. The minimum Gasteiger partial charge on any atom is -0.460 e. The van der Waals surface area contributed by atoms with Gasteiger partial charge in [-0.05, 0) is 108 Å². The van der Waals surface area contributed by atoms with Crippen LogP contribution in [0.1, 0.15) is 31.8 Å². The van der Waals surface area contributed by atoms with Crippen molar-refractivity contribution in [1.29, 1.82) is 10.5 Å². The number of anilines is 2. The zero-order valence-electron chi connectivity index (χ0n) is 30.1. The number of carbonyl (C=O) groups is 2. The van der Waals surface area contributed by atoms with Crippen molar-refractivity contribution in [2.75, 3.05) is 50.2 Å². The van der Waals surface area contributed by atoms with E-state index in [0.29, 0.717) is 41.3 Å². The molecule has 1 aliphatic heterocycles. The van der Waals surface area contributed by atoms with Crippen LogP contribution in [0.4, 0.5) is 11.4 Å². The van der Waals surface area contributed by atoms with Gasteiger partial charge in [-0.3, -0.25) is 0 Å². The topological polar surface area (TPSA) is 116 Å². The average molecular weight is 861 g/mol. The predicted molar refractivity (Wildman–Crippen MR) is 222 cm³/mol. The number of likely N-dealkylation sites (N-methyl/N-ethyl adjacent to an activating group) is 2. The summed E-state index contributed by atoms with van der Waals surface area (Å²) in [5.41, 5.74) is 5.16. The van der Waals surface area contributed by atoms with Crippen molar-refractivity contribution in [2.45, 2.75) is 0 Å². The maximum atomic E-state index is 12.3. The first-order valence-electron chi connectivity index (χ1n) is 17.1. The van der Waals surface area contributed by atoms with E-state index < -0.39 is 0 Å². The minimum atomic E-state index is -0.367. The standard InChI is InChI=1S/C44H36Br2N4O5/c1-49(23-25-53-43(51)33-9-13-37(45)14-10-33)39-17-3-31(4-18-39)7-21-41-27-35(36(29-47)30-48)28-42(55-41)22-8-32-5-19-40(20-6-32)50(2)24-26-54-44(52)34-11-15-38(46)16-12-34/h3-22,27-28H,23-26H2,1-2H3/b21-7+,22-8+. The highest BCUT2D eigenvalue weighted by Gasteiger charge is 2.13. The molecule has 5 rings (SSSR count). The van der Waals surface area contributed by atoms with E-state index in [1.54, 1.807) is 72.8 Å². The Kier molecular flexibility index (Phi) is 14.4. The van der Waals surface area contributed by atoms with Crippen molar-refractivity contribution in [2.24, 2.45) is 0 Å². The number of rotatable bonds is 14. The first-order chi connectivity index (χ1) is 26.6. The summed E-state index contributed by atoms with van der Waals surface area (Å²) in [4.78, 5) is 28.6. The summed E-state index contributed by atoms with van der Waals surface area (Å²) >= 11 is 6.73. The molecule has 4 aromatic carbocycles. The molecule has 55 heavy (non-hydrogen) atoms. The average Bonchev–Trinajstić information content (AvgIpc) is 3.20. The van der Waals surface area contributed by atoms with Crippen LogP contribution in [-0.2, 0) is 14.2 Å². The van der Waals surface area contributed by atoms with Gasteiger partial charge in [0.2, 0.25) is 0 Å². The van der Waals surface area contributed by atoms with Gasteiger partial charge in [0.15, 0.2) is 0 Å². The summed E-state index contributed by atoms with van der Waals surface area (Å²) in [5, 5.41) is 19.1. The minimum absolute atomic E-state index is 0.0232. The Morgan fingerprint density at radius 2 is 1.00 bits per heavy atom. The number of nitriles is 2. The van der Waals surface area contributed by atoms with Crippen molar-refractivity contribution in [1.82, 2.24) is 0 Å². The van der Waals surface area contributed by atoms with Gasteiger partial charge in [0, 0.05) is 40.0 Å². The third kappa shape index (κ3) is 11.9. The van der Waals surface area contributed by atoms with Crippen molar-refractivity contribution in [3.8, 4) is 12.1 Å². The number of benzene rings is 4. The molecule has 11 heteroatoms. The Morgan fingerprint density at radius 3 is 1.36 bits per heavy atom. The number of ether oxygens (including phenoxy) is 3. The second-order valence-corrected chi connectivity index (χ2v) is 14.1. The summed E-state index contributed by atoms with van der Waals surface area (Å²) in [7, 11) is 3.86. The zero-order valence-corrected chi connectivity index (χ0v) is 33.3. The fourth-order valence-corrected chi connectivity index (χ4v) is 5.72. The van der Waals surface area contributed by atoms with Crippen LogP contribution in [0.25, 0.3) is 12.2 Å². The lowest BCUT2D eigenvalue weighted by Gasteiger charge is -2.19. The Labute approximate surface area is 337 Å². The maximum Gasteiger partial charge on any atom is 0.338 e. The lowest BCUT2D eigenvalue weighted by Crippen LogP contribution is -2.23. The highest BCUT2D eigenvalue weighted by molar-refractivity contribution is 9.10. The number of allylic oxidation sites excluding steroid dienone is 6. The molecule has 0 atom stereocenters. The largest absolute Gasteiger partial charge is 0.460 e. The van der Waals surface area contributed by atoms with Crippen LogP contribution in [-0.4, -0.2) is 52.3 Å². The molecule has 1 aliphatic rings. The Bertz CT molecular complexity index is 2070. The Hall–Kier alpha value is -6.14. The van der Waals surface area contributed by atoms with Gasteiger partial charge < -0.3 is 24.0 Å². The zero-order chi connectivity index (χ0) is 39.2. The van der Waals surface area contributed by atoms with Gasteiger partial charge in [-0.25, -0.2) is 9.59 Å². The second-order valence-electron chi connectivity index (χ2n) is 12.2. The molecule has 0 N–H and O–H groups in total. The monoisotopic (exact) mass is 858 g/mol. The van der Waals surface area contributed by atoms with Crippen molar-refractivity contribution in [3.63, 3.8) is 0 Å². The first kappa shape index (κ1) is 40.1. The molecule has 0 radical (unpaired) electrons. The molecular formula is C44H36Br2N4O5. The maximum absolute atomic E-state index is 12.3. The van der Waals surface area contributed by atoms with Crippen molar-refractivity contribution in [3.05, 3.63) is 175 Å². The molecule has 0 fully saturated rings. The van der Waals surface area contributed by atoms with Crippen LogP contribution in [0.15, 0.2) is 153 Å². The molecule has 0 unspecified atom stereocenters. The van der Waals surface area contributed by atoms with E-state index in [1.165, 1.54) is 0 Å². The molecule has 0 saturated carbocycles. The third-order valence-corrected chi connectivity index (χ3v) is 9.43. The third-order valence-electron chi connectivity index (χ3n) is 8.37. The second kappa shape index (κ2) is 19.8. The fraction of sp³-hybridized carbons (Fsp3) is 0.136. The van der Waals surface area contributed by atoms with E-state index in [1.807, 2.05) is 96.7 Å². The molecule has 1 heterocycles. The Balaban J connectivity index is 1.15. The molecule has 276 valence electrons. The number of hydrogen-bond donors (Lipinski definition) is 0. The predicted octanol–water partition coefficient (Wildman–Crippen LogP) is 9.67. The quantitative estimate of drug-likeness (QED) is 0.0903. The van der Waals surface area contributed by atoms with E-state index in [0.717, 1.165) is 31.4 Å². The fourth-order valence-electron chi connectivity index (χ4n) is 5.19. The number of halogens is 2. The normalized spacial score (nSPS) is 12.2. The first-order valence-corrected chi connectivity index (χ1v) is 18.7. The van der Waals surface area contributed by atoms with E-state index in [-0.39, 0.29) is 30.7 Å². The number of esters is 2. The van der Waals surface area contributed by atoms with E-state index in [4.69, 9.17) is 14.2 Å². The molecule has 0 amide bonds. The molecule has 0 aromatic heterocycles. The molecule has 0 bridgehead atoms. The summed E-state index contributed by atoms with van der Waals surface area (Å²) in [5.74, 6) is 0.195. The van der Waals surface area contributed by atoms with Crippen LogP contribution in [0.3, 0.4) is 0 Å². The van der Waals surface area contributed by atoms with Crippen LogP contribution in [0.2, 0.25) is 0 Å².